The molecule has 0 radical (unpaired) electrons. The van der Waals surface area contributed by atoms with Crippen LogP contribution in [0.3, 0.4) is 0 Å². The van der Waals surface area contributed by atoms with E-state index in [1.54, 1.807) is 24.3 Å². The first-order valence-corrected chi connectivity index (χ1v) is 14.0. The lowest BCUT2D eigenvalue weighted by Gasteiger charge is -2.35. The Labute approximate surface area is 230 Å². The predicted molar refractivity (Wildman–Crippen MR) is 136 cm³/mol. The zero-order valence-corrected chi connectivity index (χ0v) is 22.5. The standard InChI is InChI=1S/C26H29F3N4O6S/c1-17-20(30-12-11-22(17)39-16-26(27,28)29)15-40(37)23-31-19-9-5-6-10-21(19)33(23)24(34)32(13-14-38-25(35)36)18-7-3-2-4-8-18/h5-6,9-12,18H,2-4,7-8,13-16H2,1H3,(H,35,36)/p-1/t40-/m1/s1. The maximum Gasteiger partial charge on any atom is 0.422 e. The van der Waals surface area contributed by atoms with Gasteiger partial charge in [0.05, 0.1) is 33.3 Å². The molecule has 1 aliphatic rings. The summed E-state index contributed by atoms with van der Waals surface area (Å²) < 4.78 is 62.4. The number of hydrogen-bond acceptors (Lipinski definition) is 8. The van der Waals surface area contributed by atoms with Gasteiger partial charge in [-0.15, -0.1) is 0 Å². The number of alkyl halides is 3. The number of aromatic nitrogens is 3. The van der Waals surface area contributed by atoms with Gasteiger partial charge in [-0.25, -0.2) is 14.3 Å². The van der Waals surface area contributed by atoms with E-state index in [-0.39, 0.29) is 47.1 Å². The Morgan fingerprint density at radius 2 is 1.90 bits per heavy atom. The summed E-state index contributed by atoms with van der Waals surface area (Å²) in [6, 6.07) is 7.33. The van der Waals surface area contributed by atoms with Crippen LogP contribution in [0, 0.1) is 6.92 Å². The van der Waals surface area contributed by atoms with Crippen LogP contribution in [0.1, 0.15) is 43.4 Å². The minimum absolute atomic E-state index is 0.0324. The first-order valence-electron chi connectivity index (χ1n) is 12.7. The first-order chi connectivity index (χ1) is 19.0. The molecule has 0 N–H and O–H groups in total. The molecule has 1 aromatic carbocycles. The van der Waals surface area contributed by atoms with Crippen LogP contribution in [0.4, 0.5) is 22.8 Å². The molecule has 0 aliphatic heterocycles. The molecular formula is C26H28F3N4O6S-. The number of hydrogen-bond donors (Lipinski definition) is 0. The number of pyridine rings is 1. The summed E-state index contributed by atoms with van der Waals surface area (Å²) in [7, 11) is -1.94. The number of nitrogens with zero attached hydrogens (tertiary/aromatic N) is 4. The van der Waals surface area contributed by atoms with Crippen LogP contribution in [-0.2, 0) is 21.3 Å². The maximum absolute atomic E-state index is 14.0. The number of carbonyl (C=O) groups excluding carboxylic acids is 2. The summed E-state index contributed by atoms with van der Waals surface area (Å²) in [5.41, 5.74) is 1.35. The maximum atomic E-state index is 14.0. The van der Waals surface area contributed by atoms with Crippen LogP contribution in [-0.4, -0.2) is 67.8 Å². The Hall–Kier alpha value is -3.68. The Morgan fingerprint density at radius 3 is 2.60 bits per heavy atom. The third-order valence-corrected chi connectivity index (χ3v) is 7.87. The summed E-state index contributed by atoms with van der Waals surface area (Å²) >= 11 is 0. The van der Waals surface area contributed by atoms with Gasteiger partial charge in [-0.3, -0.25) is 9.19 Å². The average Bonchev–Trinajstić information content (AvgIpc) is 3.31. The number of benzene rings is 1. The molecule has 1 atom stereocenters. The smallest absolute Gasteiger partial charge is 0.422 e. The first kappa shape index (κ1) is 29.3. The van der Waals surface area contributed by atoms with Crippen LogP contribution in [0.2, 0.25) is 0 Å². The molecule has 40 heavy (non-hydrogen) atoms. The van der Waals surface area contributed by atoms with E-state index >= 15 is 0 Å². The molecule has 1 saturated carbocycles. The van der Waals surface area contributed by atoms with Crippen molar-refractivity contribution < 1.29 is 41.5 Å². The second kappa shape index (κ2) is 12.7. The van der Waals surface area contributed by atoms with Crippen molar-refractivity contribution in [3.8, 4) is 5.75 Å². The second-order valence-electron chi connectivity index (χ2n) is 9.36. The topological polar surface area (TPSA) is 127 Å². The monoisotopic (exact) mass is 581 g/mol. The van der Waals surface area contributed by atoms with E-state index in [1.807, 2.05) is 0 Å². The molecule has 1 aliphatic carbocycles. The molecule has 0 unspecified atom stereocenters. The Kier molecular flexibility index (Phi) is 9.28. The van der Waals surface area contributed by atoms with Gasteiger partial charge in [0.1, 0.15) is 5.75 Å². The number of amides is 1. The molecule has 2 heterocycles. The number of ether oxygens (including phenoxy) is 2. The highest BCUT2D eigenvalue weighted by Gasteiger charge is 2.31. The highest BCUT2D eigenvalue weighted by atomic mass is 32.2. The Balaban J connectivity index is 1.67. The van der Waals surface area contributed by atoms with E-state index in [2.05, 4.69) is 14.7 Å². The lowest BCUT2D eigenvalue weighted by molar-refractivity contribution is -0.282. The van der Waals surface area contributed by atoms with Crippen LogP contribution >= 0.6 is 0 Å². The second-order valence-corrected chi connectivity index (χ2v) is 10.7. The zero-order chi connectivity index (χ0) is 28.9. The molecule has 10 nitrogen and oxygen atoms in total. The van der Waals surface area contributed by atoms with Crippen molar-refractivity contribution in [1.29, 1.82) is 0 Å². The van der Waals surface area contributed by atoms with Gasteiger partial charge in [0.25, 0.3) is 6.16 Å². The van der Waals surface area contributed by atoms with Gasteiger partial charge >= 0.3 is 12.2 Å². The third-order valence-electron chi connectivity index (χ3n) is 6.66. The molecule has 0 spiro atoms. The van der Waals surface area contributed by atoms with Crippen molar-refractivity contribution in [2.45, 2.75) is 62.2 Å². The van der Waals surface area contributed by atoms with Gasteiger partial charge in [-0.05, 0) is 38.0 Å². The van der Waals surface area contributed by atoms with Gasteiger partial charge in [0.2, 0.25) is 5.16 Å². The summed E-state index contributed by atoms with van der Waals surface area (Å²) in [4.78, 5) is 35.0. The van der Waals surface area contributed by atoms with Crippen molar-refractivity contribution in [3.63, 3.8) is 0 Å². The highest BCUT2D eigenvalue weighted by molar-refractivity contribution is 7.84. The van der Waals surface area contributed by atoms with Crippen molar-refractivity contribution in [1.82, 2.24) is 19.4 Å². The number of rotatable bonds is 9. The van der Waals surface area contributed by atoms with Crippen LogP contribution in [0.25, 0.3) is 11.0 Å². The molecule has 14 heteroatoms. The fourth-order valence-electron chi connectivity index (χ4n) is 4.73. The summed E-state index contributed by atoms with van der Waals surface area (Å²) in [6.07, 6.45) is -0.702. The minimum atomic E-state index is -4.53. The summed E-state index contributed by atoms with van der Waals surface area (Å²) in [5.74, 6) is -0.275. The van der Waals surface area contributed by atoms with Crippen LogP contribution in [0.15, 0.2) is 41.7 Å². The van der Waals surface area contributed by atoms with Gasteiger partial charge in [-0.1, -0.05) is 31.4 Å². The minimum Gasteiger partial charge on any atom is -0.548 e. The van der Waals surface area contributed by atoms with E-state index in [9.17, 15) is 32.1 Å². The van der Waals surface area contributed by atoms with E-state index in [1.165, 1.54) is 28.7 Å². The Bertz CT molecular complexity index is 1390. The lowest BCUT2D eigenvalue weighted by Crippen LogP contribution is -2.46. The quantitative estimate of drug-likeness (QED) is 0.348. The molecule has 3 aromatic rings. The van der Waals surface area contributed by atoms with E-state index in [0.29, 0.717) is 11.0 Å². The number of carbonyl (C=O) groups is 2. The molecule has 1 amide bonds. The molecule has 2 aromatic heterocycles. The zero-order valence-electron chi connectivity index (χ0n) is 21.7. The van der Waals surface area contributed by atoms with Gasteiger partial charge in [0.15, 0.2) is 6.61 Å². The normalized spacial score (nSPS) is 15.1. The number of para-hydroxylation sites is 2. The molecule has 216 valence electrons. The third kappa shape index (κ3) is 7.09. The largest absolute Gasteiger partial charge is 0.548 e. The van der Waals surface area contributed by atoms with Gasteiger partial charge < -0.3 is 24.3 Å². The summed E-state index contributed by atoms with van der Waals surface area (Å²) in [6.45, 7) is -0.288. The Morgan fingerprint density at radius 1 is 1.18 bits per heavy atom. The van der Waals surface area contributed by atoms with Crippen molar-refractivity contribution in [2.75, 3.05) is 19.8 Å². The summed E-state index contributed by atoms with van der Waals surface area (Å²) in [5, 5.41) is 10.8. The number of halogens is 3. The van der Waals surface area contributed by atoms with Crippen molar-refractivity contribution in [2.24, 2.45) is 0 Å². The number of imidazole rings is 1. The predicted octanol–water partition coefficient (Wildman–Crippen LogP) is 3.95. The van der Waals surface area contributed by atoms with Crippen LogP contribution < -0.4 is 9.84 Å². The fourth-order valence-corrected chi connectivity index (χ4v) is 5.98. The molecule has 0 bridgehead atoms. The molecular weight excluding hydrogens is 553 g/mol. The van der Waals surface area contributed by atoms with E-state index < -0.39 is 35.8 Å². The van der Waals surface area contributed by atoms with E-state index in [4.69, 9.17) is 4.74 Å². The highest BCUT2D eigenvalue weighted by Crippen LogP contribution is 2.28. The SMILES string of the molecule is Cc1c(OCC(F)(F)F)ccnc1C[S@@](=O)c1nc2ccccc2n1C(=O)N(CCOC(=O)[O-])C1CCCCC1. The van der Waals surface area contributed by atoms with Gasteiger partial charge in [0, 0.05) is 31.0 Å². The molecule has 0 saturated heterocycles. The van der Waals surface area contributed by atoms with E-state index in [0.717, 1.165) is 32.1 Å². The van der Waals surface area contributed by atoms with Crippen molar-refractivity contribution >= 4 is 34.0 Å². The average molecular weight is 582 g/mol. The van der Waals surface area contributed by atoms with Gasteiger partial charge in [-0.2, -0.15) is 13.2 Å². The fraction of sp³-hybridized carbons (Fsp3) is 0.462. The molecule has 1 fully saturated rings. The molecule has 4 rings (SSSR count). The lowest BCUT2D eigenvalue weighted by atomic mass is 9.94. The number of fused-ring (bicyclic) bond motifs is 1. The van der Waals surface area contributed by atoms with Crippen molar-refractivity contribution in [3.05, 3.63) is 47.8 Å². The number of carboxylic acid groups (broad SMARTS) is 1. The van der Waals surface area contributed by atoms with Crippen LogP contribution in [0.5, 0.6) is 5.75 Å².